The van der Waals surface area contributed by atoms with Gasteiger partial charge in [-0.1, -0.05) is 27.2 Å². The molecule has 6 heteroatoms. The number of piperidine rings is 1. The van der Waals surface area contributed by atoms with E-state index in [0.717, 1.165) is 52.8 Å². The number of aryl methyl sites for hydroxylation is 1. The zero-order chi connectivity index (χ0) is 21.7. The van der Waals surface area contributed by atoms with Crippen molar-refractivity contribution in [2.24, 2.45) is 5.92 Å². The van der Waals surface area contributed by atoms with Crippen molar-refractivity contribution in [1.82, 2.24) is 24.6 Å². The summed E-state index contributed by atoms with van der Waals surface area (Å²) in [7, 11) is 0. The van der Waals surface area contributed by atoms with E-state index in [1.165, 1.54) is 36.0 Å². The number of hydrogen-bond acceptors (Lipinski definition) is 4. The molecular weight excluding hydrogens is 384 g/mol. The van der Waals surface area contributed by atoms with Gasteiger partial charge in [0.15, 0.2) is 5.65 Å². The summed E-state index contributed by atoms with van der Waals surface area (Å²) in [6, 6.07) is 4.38. The highest BCUT2D eigenvalue weighted by Gasteiger charge is 2.23. The van der Waals surface area contributed by atoms with Crippen molar-refractivity contribution in [2.45, 2.75) is 59.8 Å². The third kappa shape index (κ3) is 3.29. The Morgan fingerprint density at radius 2 is 1.90 bits per heavy atom. The number of H-pyrrole nitrogens is 1. The summed E-state index contributed by atoms with van der Waals surface area (Å²) in [6.45, 7) is 13.3. The average Bonchev–Trinajstić information content (AvgIpc) is 3.40. The minimum absolute atomic E-state index is 0.350. The van der Waals surface area contributed by atoms with E-state index in [-0.39, 0.29) is 0 Å². The molecular formula is C25H32N6. The van der Waals surface area contributed by atoms with E-state index in [1.54, 1.807) is 6.33 Å². The largest absolute Gasteiger partial charge is 0.357 e. The average molecular weight is 417 g/mol. The van der Waals surface area contributed by atoms with Crippen molar-refractivity contribution in [3.8, 4) is 11.3 Å². The molecule has 31 heavy (non-hydrogen) atoms. The van der Waals surface area contributed by atoms with Gasteiger partial charge in [0, 0.05) is 30.4 Å². The molecule has 4 aromatic heterocycles. The van der Waals surface area contributed by atoms with Gasteiger partial charge in [0.05, 0.1) is 16.7 Å². The first-order valence-corrected chi connectivity index (χ1v) is 11.5. The fraction of sp³-hybridized carbons (Fsp3) is 0.480. The lowest BCUT2D eigenvalue weighted by molar-refractivity contribution is 0.394. The van der Waals surface area contributed by atoms with Crippen LogP contribution in [0.3, 0.4) is 0 Å². The Bertz CT molecular complexity index is 1240. The van der Waals surface area contributed by atoms with Crippen LogP contribution in [0.4, 0.5) is 5.82 Å². The van der Waals surface area contributed by atoms with Crippen LogP contribution >= 0.6 is 0 Å². The lowest BCUT2D eigenvalue weighted by atomic mass is 9.94. The van der Waals surface area contributed by atoms with E-state index in [0.29, 0.717) is 5.92 Å². The second kappa shape index (κ2) is 7.66. The summed E-state index contributed by atoms with van der Waals surface area (Å²) < 4.78 is 1.88. The molecule has 6 nitrogen and oxygen atoms in total. The predicted octanol–water partition coefficient (Wildman–Crippen LogP) is 5.64. The number of aromatic nitrogens is 5. The summed E-state index contributed by atoms with van der Waals surface area (Å²) in [5.74, 6) is 2.32. The van der Waals surface area contributed by atoms with Crippen LogP contribution < -0.4 is 4.90 Å². The molecule has 1 aliphatic heterocycles. The van der Waals surface area contributed by atoms with Gasteiger partial charge in [-0.2, -0.15) is 5.10 Å². The molecule has 1 saturated heterocycles. The number of aromatic amines is 1. The molecule has 1 aliphatic rings. The first-order valence-electron chi connectivity index (χ1n) is 11.5. The van der Waals surface area contributed by atoms with Crippen LogP contribution in [-0.2, 0) is 0 Å². The number of pyridine rings is 2. The van der Waals surface area contributed by atoms with Gasteiger partial charge in [-0.3, -0.25) is 0 Å². The molecule has 0 unspecified atom stereocenters. The van der Waals surface area contributed by atoms with Crippen LogP contribution in [0, 0.1) is 19.8 Å². The number of rotatable bonds is 4. The lowest BCUT2D eigenvalue weighted by Crippen LogP contribution is -2.34. The smallest absolute Gasteiger partial charge is 0.158 e. The van der Waals surface area contributed by atoms with Crippen molar-refractivity contribution in [3.63, 3.8) is 0 Å². The molecule has 0 bridgehead atoms. The highest BCUT2D eigenvalue weighted by Crippen LogP contribution is 2.38. The number of fused-ring (bicyclic) bond motifs is 2. The van der Waals surface area contributed by atoms with E-state index in [1.807, 2.05) is 4.52 Å². The summed E-state index contributed by atoms with van der Waals surface area (Å²) in [5.41, 5.74) is 9.10. The van der Waals surface area contributed by atoms with Gasteiger partial charge in [-0.25, -0.2) is 14.5 Å². The van der Waals surface area contributed by atoms with E-state index in [9.17, 15) is 0 Å². The molecule has 0 amide bonds. The molecule has 5 heterocycles. The van der Waals surface area contributed by atoms with Crippen molar-refractivity contribution in [3.05, 3.63) is 41.3 Å². The Hall–Kier alpha value is -2.89. The highest BCUT2D eigenvalue weighted by atomic mass is 15.3. The number of anilines is 1. The normalized spacial score (nSPS) is 15.6. The maximum Gasteiger partial charge on any atom is 0.158 e. The molecule has 0 radical (unpaired) electrons. The van der Waals surface area contributed by atoms with Gasteiger partial charge < -0.3 is 9.88 Å². The fourth-order valence-electron chi connectivity index (χ4n) is 5.05. The van der Waals surface area contributed by atoms with Crippen LogP contribution in [0.5, 0.6) is 0 Å². The minimum atomic E-state index is 0.350. The van der Waals surface area contributed by atoms with Crippen molar-refractivity contribution in [1.29, 1.82) is 0 Å². The van der Waals surface area contributed by atoms with Crippen molar-refractivity contribution >= 4 is 22.5 Å². The predicted molar refractivity (Wildman–Crippen MR) is 127 cm³/mol. The van der Waals surface area contributed by atoms with Crippen LogP contribution in [0.25, 0.3) is 27.9 Å². The van der Waals surface area contributed by atoms with E-state index in [2.05, 4.69) is 72.9 Å². The lowest BCUT2D eigenvalue weighted by Gasteiger charge is -2.32. The van der Waals surface area contributed by atoms with Crippen LogP contribution in [-0.4, -0.2) is 37.7 Å². The first-order chi connectivity index (χ1) is 15.0. The van der Waals surface area contributed by atoms with Gasteiger partial charge >= 0.3 is 0 Å². The van der Waals surface area contributed by atoms with Crippen LogP contribution in [0.15, 0.2) is 24.7 Å². The number of nitrogens with one attached hydrogen (secondary N) is 1. The number of nitrogens with zero attached hydrogens (tertiary/aromatic N) is 5. The second-order valence-electron chi connectivity index (χ2n) is 9.29. The Morgan fingerprint density at radius 3 is 2.61 bits per heavy atom. The fourth-order valence-corrected chi connectivity index (χ4v) is 5.05. The van der Waals surface area contributed by atoms with Crippen molar-refractivity contribution < 1.29 is 0 Å². The van der Waals surface area contributed by atoms with Gasteiger partial charge in [-0.15, -0.1) is 0 Å². The van der Waals surface area contributed by atoms with E-state index < -0.39 is 0 Å². The molecule has 162 valence electrons. The van der Waals surface area contributed by atoms with Gasteiger partial charge in [0.2, 0.25) is 0 Å². The molecule has 5 rings (SSSR count). The Kier molecular flexibility index (Phi) is 4.95. The number of hydrogen-bond donors (Lipinski definition) is 1. The minimum Gasteiger partial charge on any atom is -0.357 e. The van der Waals surface area contributed by atoms with Gasteiger partial charge in [0.25, 0.3) is 0 Å². The summed E-state index contributed by atoms with van der Waals surface area (Å²) >= 11 is 0. The van der Waals surface area contributed by atoms with Crippen molar-refractivity contribution in [2.75, 3.05) is 18.0 Å². The van der Waals surface area contributed by atoms with Gasteiger partial charge in [-0.05, 0) is 61.8 Å². The topological polar surface area (TPSA) is 62.1 Å². The van der Waals surface area contributed by atoms with Gasteiger partial charge in [0.1, 0.15) is 12.1 Å². The zero-order valence-corrected chi connectivity index (χ0v) is 19.2. The third-order valence-electron chi connectivity index (χ3n) is 7.15. The molecule has 0 aromatic carbocycles. The Morgan fingerprint density at radius 1 is 1.13 bits per heavy atom. The summed E-state index contributed by atoms with van der Waals surface area (Å²) in [4.78, 5) is 15.7. The molecule has 0 spiro atoms. The van der Waals surface area contributed by atoms with Crippen LogP contribution in [0.1, 0.15) is 62.6 Å². The third-order valence-corrected chi connectivity index (χ3v) is 7.15. The maximum absolute atomic E-state index is 5.18. The zero-order valence-electron chi connectivity index (χ0n) is 19.2. The molecule has 0 saturated carbocycles. The highest BCUT2D eigenvalue weighted by molar-refractivity contribution is 5.90. The monoisotopic (exact) mass is 416 g/mol. The SMILES string of the molecule is CCC1CCN(c2ccc3[nH]c(-c4cn5ncnc5c(C)c4C)c(C(C)C)c3n2)CC1. The molecule has 1 fully saturated rings. The Labute approximate surface area is 183 Å². The standard InChI is InChI=1S/C25H32N6/c1-6-18-9-11-30(12-10-18)21-8-7-20-24(29-21)22(15(2)3)23(28-20)19-13-31-25(26-14-27-31)17(5)16(19)4/h7-8,13-15,18,28H,6,9-12H2,1-5H3. The first kappa shape index (κ1) is 20.0. The maximum atomic E-state index is 5.18. The second-order valence-corrected chi connectivity index (χ2v) is 9.29. The Balaban J connectivity index is 1.63. The molecule has 1 N–H and O–H groups in total. The quantitative estimate of drug-likeness (QED) is 0.468. The summed E-state index contributed by atoms with van der Waals surface area (Å²) in [5, 5.41) is 4.39. The van der Waals surface area contributed by atoms with E-state index in [4.69, 9.17) is 4.98 Å². The molecule has 0 atom stereocenters. The van der Waals surface area contributed by atoms with Crippen LogP contribution in [0.2, 0.25) is 0 Å². The summed E-state index contributed by atoms with van der Waals surface area (Å²) in [6.07, 6.45) is 7.53. The molecule has 0 aliphatic carbocycles. The molecule has 4 aromatic rings. The van der Waals surface area contributed by atoms with E-state index >= 15 is 0 Å².